The molecule has 0 aromatic rings. The zero-order valence-electron chi connectivity index (χ0n) is 13.9. The van der Waals surface area contributed by atoms with Crippen LogP contribution in [0.15, 0.2) is 37.5 Å². The topological polar surface area (TPSA) is 0 Å². The number of hydrogen-bond acceptors (Lipinski definition) is 0. The highest BCUT2D eigenvalue weighted by Gasteiger charge is 2.47. The number of hydrogen-bond donors (Lipinski definition) is 0. The molecule has 0 aromatic heterocycles. The Hall–Kier alpha value is -0.780. The van der Waals surface area contributed by atoms with Gasteiger partial charge in [0.05, 0.1) is 0 Å². The summed E-state index contributed by atoms with van der Waals surface area (Å²) in [6, 6.07) is 0. The Morgan fingerprint density at radius 1 is 1.10 bits per heavy atom. The van der Waals surface area contributed by atoms with Crippen LogP contribution in [0.5, 0.6) is 0 Å². The predicted octanol–water partition coefficient (Wildman–Crippen LogP) is 6.02. The van der Waals surface area contributed by atoms with Crippen molar-refractivity contribution >= 4 is 0 Å². The van der Waals surface area contributed by atoms with Crippen molar-refractivity contribution in [1.29, 1.82) is 0 Å². The van der Waals surface area contributed by atoms with Gasteiger partial charge in [-0.25, -0.2) is 0 Å². The normalized spacial score (nSPS) is 38.6. The van der Waals surface area contributed by atoms with Crippen LogP contribution in [0, 0.1) is 34.5 Å². The third-order valence-corrected chi connectivity index (χ3v) is 6.62. The Balaban J connectivity index is 0.000000149. The van der Waals surface area contributed by atoms with Gasteiger partial charge in [-0.3, -0.25) is 0 Å². The van der Waals surface area contributed by atoms with E-state index in [9.17, 15) is 0 Å². The summed E-state index contributed by atoms with van der Waals surface area (Å²) >= 11 is 0. The van der Waals surface area contributed by atoms with Crippen LogP contribution >= 0.6 is 0 Å². The van der Waals surface area contributed by atoms with Crippen LogP contribution in [0.2, 0.25) is 0 Å². The minimum Gasteiger partial charge on any atom is -0.103 e. The lowest BCUT2D eigenvalue weighted by molar-refractivity contribution is 0.00320. The molecule has 4 atom stereocenters. The zero-order valence-corrected chi connectivity index (χ0v) is 13.9. The number of rotatable bonds is 3. The third-order valence-electron chi connectivity index (χ3n) is 6.62. The van der Waals surface area contributed by atoms with E-state index >= 15 is 0 Å². The fourth-order valence-corrected chi connectivity index (χ4v) is 4.25. The molecule has 3 unspecified atom stereocenters. The molecular weight excluding hydrogens is 240 g/mol. The first-order chi connectivity index (χ1) is 9.33. The standard InChI is InChI=1S/C11H18.C9H14/c1-5-7-10-8-9(6-2)11(10,3)4;1-9(2)7-4-3-5-8(9)6-7/h5-6,9-10H,1-2,7-8H2,3-4H3;3-4,7-8H,5-6H2,1-2H3/t9-,10?;/m1./s1. The summed E-state index contributed by atoms with van der Waals surface area (Å²) in [7, 11) is 0. The van der Waals surface area contributed by atoms with E-state index in [1.807, 2.05) is 6.08 Å². The van der Waals surface area contributed by atoms with Crippen molar-refractivity contribution in [3.05, 3.63) is 37.5 Å². The molecule has 0 aliphatic heterocycles. The van der Waals surface area contributed by atoms with Crippen molar-refractivity contribution in [3.63, 3.8) is 0 Å². The predicted molar refractivity (Wildman–Crippen MR) is 89.5 cm³/mol. The van der Waals surface area contributed by atoms with E-state index in [0.717, 1.165) is 30.1 Å². The van der Waals surface area contributed by atoms with Crippen LogP contribution < -0.4 is 0 Å². The second-order valence-electron chi connectivity index (χ2n) is 8.14. The summed E-state index contributed by atoms with van der Waals surface area (Å²) in [5.41, 5.74) is 1.12. The molecule has 0 aromatic carbocycles. The highest BCUT2D eigenvalue weighted by Crippen LogP contribution is 2.56. The Bertz CT molecular complexity index is 396. The molecule has 112 valence electrons. The van der Waals surface area contributed by atoms with E-state index in [0.29, 0.717) is 10.8 Å². The SMILES string of the molecule is C=CCC1C[C@@H](C=C)C1(C)C.CC1(C)C2C=CCC1C2. The van der Waals surface area contributed by atoms with Crippen molar-refractivity contribution in [3.8, 4) is 0 Å². The summed E-state index contributed by atoms with van der Waals surface area (Å²) in [5.74, 6) is 3.49. The summed E-state index contributed by atoms with van der Waals surface area (Å²) in [6.45, 7) is 17.1. The van der Waals surface area contributed by atoms with Crippen molar-refractivity contribution in [2.24, 2.45) is 34.5 Å². The molecule has 20 heavy (non-hydrogen) atoms. The molecule has 4 rings (SSSR count). The molecule has 0 spiro atoms. The van der Waals surface area contributed by atoms with Crippen LogP contribution in [-0.2, 0) is 0 Å². The molecule has 2 bridgehead atoms. The Kier molecular flexibility index (Phi) is 4.33. The Labute approximate surface area is 126 Å². The van der Waals surface area contributed by atoms with Crippen LogP contribution in [0.3, 0.4) is 0 Å². The van der Waals surface area contributed by atoms with Gasteiger partial charge in [-0.05, 0) is 60.2 Å². The van der Waals surface area contributed by atoms with Crippen LogP contribution in [0.25, 0.3) is 0 Å². The monoisotopic (exact) mass is 272 g/mol. The minimum atomic E-state index is 0.468. The highest BCUT2D eigenvalue weighted by atomic mass is 14.5. The quantitative estimate of drug-likeness (QED) is 0.551. The van der Waals surface area contributed by atoms with Gasteiger partial charge in [0, 0.05) is 0 Å². The average Bonchev–Trinajstić information content (AvgIpc) is 2.44. The minimum absolute atomic E-state index is 0.468. The third kappa shape index (κ3) is 2.54. The molecule has 0 heterocycles. The lowest BCUT2D eigenvalue weighted by atomic mass is 9.51. The molecule has 0 amide bonds. The zero-order chi connectivity index (χ0) is 15.0. The van der Waals surface area contributed by atoms with Gasteiger partial charge in [0.25, 0.3) is 0 Å². The van der Waals surface area contributed by atoms with E-state index in [1.165, 1.54) is 19.3 Å². The van der Waals surface area contributed by atoms with Gasteiger partial charge < -0.3 is 0 Å². The molecule has 0 saturated heterocycles. The second-order valence-corrected chi connectivity index (χ2v) is 8.14. The average molecular weight is 272 g/mol. The Morgan fingerprint density at radius 3 is 2.10 bits per heavy atom. The smallest absolute Gasteiger partial charge is 0.0176 e. The van der Waals surface area contributed by atoms with Crippen LogP contribution in [0.4, 0.5) is 0 Å². The van der Waals surface area contributed by atoms with Crippen LogP contribution in [0.1, 0.15) is 53.4 Å². The maximum Gasteiger partial charge on any atom is -0.0176 e. The summed E-state index contributed by atoms with van der Waals surface area (Å²) in [5, 5.41) is 0. The molecule has 0 N–H and O–H groups in total. The van der Waals surface area contributed by atoms with E-state index in [1.54, 1.807) is 0 Å². The molecule has 0 radical (unpaired) electrons. The lowest BCUT2D eigenvalue weighted by Crippen LogP contribution is -2.45. The maximum atomic E-state index is 3.85. The van der Waals surface area contributed by atoms with Gasteiger partial charge >= 0.3 is 0 Å². The van der Waals surface area contributed by atoms with Gasteiger partial charge in [0.1, 0.15) is 0 Å². The second kappa shape index (κ2) is 5.54. The van der Waals surface area contributed by atoms with Gasteiger partial charge in [0.2, 0.25) is 0 Å². The van der Waals surface area contributed by atoms with Crippen molar-refractivity contribution < 1.29 is 0 Å². The van der Waals surface area contributed by atoms with Crippen LogP contribution in [-0.4, -0.2) is 0 Å². The fourth-order valence-electron chi connectivity index (χ4n) is 4.25. The summed E-state index contributed by atoms with van der Waals surface area (Å²) in [6.07, 6.45) is 14.2. The number of allylic oxidation sites excluding steroid dienone is 4. The van der Waals surface area contributed by atoms with Crippen molar-refractivity contribution in [2.45, 2.75) is 53.4 Å². The summed E-state index contributed by atoms with van der Waals surface area (Å²) < 4.78 is 0. The van der Waals surface area contributed by atoms with Gasteiger partial charge in [-0.2, -0.15) is 0 Å². The highest BCUT2D eigenvalue weighted by molar-refractivity contribution is 5.13. The molecule has 0 nitrogen and oxygen atoms in total. The van der Waals surface area contributed by atoms with Gasteiger partial charge in [0.15, 0.2) is 0 Å². The molecule has 2 fully saturated rings. The molecular formula is C20H32. The molecule has 0 heteroatoms. The maximum absolute atomic E-state index is 3.85. The van der Waals surface area contributed by atoms with Gasteiger partial charge in [-0.15, -0.1) is 13.2 Å². The van der Waals surface area contributed by atoms with E-state index in [4.69, 9.17) is 0 Å². The number of fused-ring (bicyclic) bond motifs is 1. The lowest BCUT2D eigenvalue weighted by Gasteiger charge is -2.53. The van der Waals surface area contributed by atoms with Crippen molar-refractivity contribution in [1.82, 2.24) is 0 Å². The molecule has 4 aliphatic carbocycles. The van der Waals surface area contributed by atoms with Crippen molar-refractivity contribution in [2.75, 3.05) is 0 Å². The summed E-state index contributed by atoms with van der Waals surface area (Å²) in [4.78, 5) is 0. The van der Waals surface area contributed by atoms with Gasteiger partial charge in [-0.1, -0.05) is 52.0 Å². The fraction of sp³-hybridized carbons (Fsp3) is 0.700. The van der Waals surface area contributed by atoms with E-state index < -0.39 is 0 Å². The van der Waals surface area contributed by atoms with E-state index in [-0.39, 0.29) is 0 Å². The van der Waals surface area contributed by atoms with E-state index in [2.05, 4.69) is 59.1 Å². The Morgan fingerprint density at radius 2 is 1.80 bits per heavy atom. The largest absolute Gasteiger partial charge is 0.103 e. The molecule has 2 saturated carbocycles. The first-order valence-electron chi connectivity index (χ1n) is 8.24. The molecule has 4 aliphatic rings. The first kappa shape index (κ1) is 15.6. The first-order valence-corrected chi connectivity index (χ1v) is 8.24.